The zero-order valence-corrected chi connectivity index (χ0v) is 18.5. The normalized spacial score (nSPS) is 15.5. The van der Waals surface area contributed by atoms with Crippen LogP contribution in [0.2, 0.25) is 0 Å². The maximum absolute atomic E-state index is 13.3. The van der Waals surface area contributed by atoms with E-state index in [1.54, 1.807) is 35.8 Å². The van der Waals surface area contributed by atoms with Crippen LogP contribution in [0.4, 0.5) is 5.69 Å². The Balaban J connectivity index is 1.67. The van der Waals surface area contributed by atoms with Gasteiger partial charge < -0.3 is 9.80 Å². The number of likely N-dealkylation sites (N-methyl/N-ethyl adjacent to an activating group) is 1. The van der Waals surface area contributed by atoms with E-state index in [4.69, 9.17) is 0 Å². The van der Waals surface area contributed by atoms with Gasteiger partial charge in [-0.3, -0.25) is 19.7 Å². The van der Waals surface area contributed by atoms with Gasteiger partial charge in [0.15, 0.2) is 0 Å². The summed E-state index contributed by atoms with van der Waals surface area (Å²) < 4.78 is 1.70. The van der Waals surface area contributed by atoms with Gasteiger partial charge in [0, 0.05) is 50.1 Å². The summed E-state index contributed by atoms with van der Waals surface area (Å²) in [7, 11) is 3.39. The SMILES string of the molecule is CN(C)C(=O)C1CCCN1C(=O)Cc1cn(-c2ccccc2)nc1-c1ccc([N+](=O)[O-])cc1. The monoisotopic (exact) mass is 447 g/mol. The van der Waals surface area contributed by atoms with Crippen molar-refractivity contribution in [3.05, 3.63) is 76.5 Å². The largest absolute Gasteiger partial charge is 0.347 e. The summed E-state index contributed by atoms with van der Waals surface area (Å²) in [6, 6.07) is 15.2. The molecule has 0 N–H and O–H groups in total. The number of benzene rings is 2. The van der Waals surface area contributed by atoms with Gasteiger partial charge in [-0.1, -0.05) is 18.2 Å². The topological polar surface area (TPSA) is 102 Å². The number of carbonyl (C=O) groups is 2. The number of amides is 2. The second-order valence-corrected chi connectivity index (χ2v) is 8.24. The zero-order chi connectivity index (χ0) is 23.5. The summed E-state index contributed by atoms with van der Waals surface area (Å²) in [5.74, 6) is -0.208. The van der Waals surface area contributed by atoms with Gasteiger partial charge in [0.1, 0.15) is 6.04 Å². The van der Waals surface area contributed by atoms with Gasteiger partial charge in [-0.25, -0.2) is 4.68 Å². The third kappa shape index (κ3) is 4.62. The van der Waals surface area contributed by atoms with Crippen LogP contribution in [-0.2, 0) is 16.0 Å². The molecule has 9 nitrogen and oxygen atoms in total. The van der Waals surface area contributed by atoms with E-state index in [2.05, 4.69) is 5.10 Å². The van der Waals surface area contributed by atoms with Crippen molar-refractivity contribution in [1.82, 2.24) is 19.6 Å². The fraction of sp³-hybridized carbons (Fsp3) is 0.292. The number of rotatable bonds is 6. The summed E-state index contributed by atoms with van der Waals surface area (Å²) in [5.41, 5.74) is 2.78. The molecule has 1 aromatic heterocycles. The van der Waals surface area contributed by atoms with Crippen LogP contribution in [0.15, 0.2) is 60.8 Å². The zero-order valence-electron chi connectivity index (χ0n) is 18.5. The predicted octanol–water partition coefficient (Wildman–Crippen LogP) is 3.07. The smallest absolute Gasteiger partial charge is 0.269 e. The van der Waals surface area contributed by atoms with E-state index in [1.165, 1.54) is 17.0 Å². The molecule has 1 unspecified atom stereocenters. The first-order valence-electron chi connectivity index (χ1n) is 10.7. The first-order valence-corrected chi connectivity index (χ1v) is 10.7. The van der Waals surface area contributed by atoms with Gasteiger partial charge in [0.25, 0.3) is 5.69 Å². The van der Waals surface area contributed by atoms with E-state index in [9.17, 15) is 19.7 Å². The van der Waals surface area contributed by atoms with E-state index in [1.807, 2.05) is 36.5 Å². The molecule has 0 spiro atoms. The summed E-state index contributed by atoms with van der Waals surface area (Å²) >= 11 is 0. The summed E-state index contributed by atoms with van der Waals surface area (Å²) in [4.78, 5) is 39.5. The second-order valence-electron chi connectivity index (χ2n) is 8.24. The number of nitrogens with zero attached hydrogens (tertiary/aromatic N) is 5. The molecule has 0 saturated carbocycles. The lowest BCUT2D eigenvalue weighted by molar-refractivity contribution is -0.384. The van der Waals surface area contributed by atoms with Gasteiger partial charge in [0.05, 0.1) is 22.7 Å². The van der Waals surface area contributed by atoms with Crippen molar-refractivity contribution in [3.63, 3.8) is 0 Å². The number of hydrogen-bond donors (Lipinski definition) is 0. The Hall–Kier alpha value is -4.01. The molecule has 2 aromatic carbocycles. The van der Waals surface area contributed by atoms with Gasteiger partial charge in [-0.15, -0.1) is 0 Å². The molecule has 2 heterocycles. The van der Waals surface area contributed by atoms with Crippen LogP contribution in [0.1, 0.15) is 18.4 Å². The lowest BCUT2D eigenvalue weighted by Crippen LogP contribution is -2.46. The van der Waals surface area contributed by atoms with Crippen molar-refractivity contribution in [2.75, 3.05) is 20.6 Å². The van der Waals surface area contributed by atoms with E-state index < -0.39 is 11.0 Å². The molecule has 0 bridgehead atoms. The van der Waals surface area contributed by atoms with Crippen molar-refractivity contribution in [2.24, 2.45) is 0 Å². The standard InChI is InChI=1S/C24H25N5O4/c1-26(2)24(31)21-9-6-14-27(21)22(30)15-18-16-28(19-7-4-3-5-8-19)25-23(18)17-10-12-20(13-11-17)29(32)33/h3-5,7-8,10-13,16,21H,6,9,14-15H2,1-2H3. The fourth-order valence-electron chi connectivity index (χ4n) is 4.12. The molecule has 1 saturated heterocycles. The highest BCUT2D eigenvalue weighted by molar-refractivity contribution is 5.89. The van der Waals surface area contributed by atoms with E-state index in [0.29, 0.717) is 29.8 Å². The highest BCUT2D eigenvalue weighted by Crippen LogP contribution is 2.28. The van der Waals surface area contributed by atoms with E-state index in [-0.39, 0.29) is 23.9 Å². The molecule has 2 amide bonds. The Morgan fingerprint density at radius 2 is 1.82 bits per heavy atom. The molecule has 1 aliphatic rings. The number of aromatic nitrogens is 2. The molecule has 0 aliphatic carbocycles. The molecule has 33 heavy (non-hydrogen) atoms. The highest BCUT2D eigenvalue weighted by Gasteiger charge is 2.35. The Labute approximate surface area is 191 Å². The number of likely N-dealkylation sites (tertiary alicyclic amines) is 1. The first-order chi connectivity index (χ1) is 15.8. The molecule has 9 heteroatoms. The van der Waals surface area contributed by atoms with Gasteiger partial charge in [-0.05, 0) is 37.1 Å². The van der Waals surface area contributed by atoms with Gasteiger partial charge in [0.2, 0.25) is 11.8 Å². The average molecular weight is 447 g/mol. The van der Waals surface area contributed by atoms with Gasteiger partial charge >= 0.3 is 0 Å². The Bertz CT molecular complexity index is 1170. The maximum Gasteiger partial charge on any atom is 0.269 e. The third-order valence-corrected chi connectivity index (χ3v) is 5.80. The third-order valence-electron chi connectivity index (χ3n) is 5.80. The van der Waals surface area contributed by atoms with Gasteiger partial charge in [-0.2, -0.15) is 5.10 Å². The minimum atomic E-state index is -0.452. The molecule has 1 aliphatic heterocycles. The number of hydrogen-bond acceptors (Lipinski definition) is 5. The molecule has 3 aromatic rings. The molecule has 1 atom stereocenters. The molecule has 1 fully saturated rings. The molecular formula is C24H25N5O4. The number of nitro groups is 1. The summed E-state index contributed by atoms with van der Waals surface area (Å²) in [6.07, 6.45) is 3.33. The molecule has 0 radical (unpaired) electrons. The minimum absolute atomic E-state index is 0.0130. The number of para-hydroxylation sites is 1. The van der Waals surface area contributed by atoms with E-state index in [0.717, 1.165) is 12.1 Å². The Morgan fingerprint density at radius 3 is 2.45 bits per heavy atom. The number of non-ortho nitro benzene ring substituents is 1. The number of carbonyl (C=O) groups excluding carboxylic acids is 2. The molecule has 170 valence electrons. The van der Waals surface area contributed by atoms with Crippen molar-refractivity contribution in [1.29, 1.82) is 0 Å². The fourth-order valence-corrected chi connectivity index (χ4v) is 4.12. The molecule has 4 rings (SSSR count). The molecular weight excluding hydrogens is 422 g/mol. The van der Waals surface area contributed by atoms with Crippen LogP contribution in [0.5, 0.6) is 0 Å². The predicted molar refractivity (Wildman–Crippen MR) is 123 cm³/mol. The van der Waals surface area contributed by atoms with Crippen molar-refractivity contribution < 1.29 is 14.5 Å². The van der Waals surface area contributed by atoms with Crippen LogP contribution in [0, 0.1) is 10.1 Å². The Morgan fingerprint density at radius 1 is 1.12 bits per heavy atom. The van der Waals surface area contributed by atoms with Crippen LogP contribution >= 0.6 is 0 Å². The van der Waals surface area contributed by atoms with Crippen LogP contribution in [0.3, 0.4) is 0 Å². The number of nitro benzene ring substituents is 1. The quantitative estimate of drug-likeness (QED) is 0.427. The van der Waals surface area contributed by atoms with Crippen molar-refractivity contribution in [3.8, 4) is 16.9 Å². The highest BCUT2D eigenvalue weighted by atomic mass is 16.6. The van der Waals surface area contributed by atoms with Crippen molar-refractivity contribution >= 4 is 17.5 Å². The van der Waals surface area contributed by atoms with Crippen LogP contribution in [0.25, 0.3) is 16.9 Å². The minimum Gasteiger partial charge on any atom is -0.347 e. The summed E-state index contributed by atoms with van der Waals surface area (Å²) in [5, 5.41) is 15.7. The van der Waals surface area contributed by atoms with Crippen molar-refractivity contribution in [2.45, 2.75) is 25.3 Å². The van der Waals surface area contributed by atoms with E-state index >= 15 is 0 Å². The first kappa shape index (κ1) is 22.2. The lowest BCUT2D eigenvalue weighted by atomic mass is 10.0. The summed E-state index contributed by atoms with van der Waals surface area (Å²) in [6.45, 7) is 0.544. The lowest BCUT2D eigenvalue weighted by Gasteiger charge is -2.26. The maximum atomic E-state index is 13.3. The average Bonchev–Trinajstić information content (AvgIpc) is 3.47. The second kappa shape index (κ2) is 9.23. The Kier molecular flexibility index (Phi) is 6.21. The van der Waals surface area contributed by atoms with Crippen LogP contribution in [-0.4, -0.2) is 63.0 Å². The van der Waals surface area contributed by atoms with Crippen LogP contribution < -0.4 is 0 Å².